The first-order chi connectivity index (χ1) is 13.9. The summed E-state index contributed by atoms with van der Waals surface area (Å²) in [6.07, 6.45) is 2.61. The third kappa shape index (κ3) is 5.83. The molecule has 0 bridgehead atoms. The number of benzene rings is 2. The van der Waals surface area contributed by atoms with Gasteiger partial charge in [-0.2, -0.15) is 0 Å². The van der Waals surface area contributed by atoms with Crippen LogP contribution in [0.25, 0.3) is 0 Å². The number of phenolic OH excluding ortho intramolecular Hbond substituents is 2. The fourth-order valence-electron chi connectivity index (χ4n) is 2.27. The molecule has 30 heavy (non-hydrogen) atoms. The van der Waals surface area contributed by atoms with E-state index in [9.17, 15) is 30.4 Å². The molecule has 0 saturated carbocycles. The van der Waals surface area contributed by atoms with Crippen LogP contribution in [0.5, 0.6) is 11.5 Å². The maximum absolute atomic E-state index is 11.0. The molecule has 0 aliphatic carbocycles. The molecule has 0 aliphatic rings. The summed E-state index contributed by atoms with van der Waals surface area (Å²) in [6, 6.07) is 4.76. The lowest BCUT2D eigenvalue weighted by Crippen LogP contribution is -2.21. The van der Waals surface area contributed by atoms with E-state index in [-0.39, 0.29) is 49.5 Å². The Bertz CT molecular complexity index is 1070. The maximum atomic E-state index is 11.0. The van der Waals surface area contributed by atoms with Crippen LogP contribution in [0.15, 0.2) is 43.2 Å². The quantitative estimate of drug-likeness (QED) is 0.292. The van der Waals surface area contributed by atoms with Crippen molar-refractivity contribution in [3.8, 4) is 11.5 Å². The maximum Gasteiger partial charge on any atom is 0.271 e. The van der Waals surface area contributed by atoms with E-state index in [1.165, 1.54) is 36.7 Å². The molecule has 2 aromatic carbocycles. The highest BCUT2D eigenvalue weighted by Gasteiger charge is 2.18. The first-order valence-electron chi connectivity index (χ1n) is 8.30. The van der Waals surface area contributed by atoms with Crippen LogP contribution < -0.4 is 0 Å². The molecule has 2 N–H and O–H groups in total. The van der Waals surface area contributed by atoms with Gasteiger partial charge in [-0.15, -0.1) is 0 Å². The van der Waals surface area contributed by atoms with Gasteiger partial charge in [-0.3, -0.25) is 30.2 Å². The molecule has 0 fully saturated rings. The summed E-state index contributed by atoms with van der Waals surface area (Å²) in [4.78, 5) is 29.3. The molecule has 0 unspecified atom stereocenters. The van der Waals surface area contributed by atoms with Gasteiger partial charge >= 0.3 is 0 Å². The molecule has 0 radical (unpaired) electrons. The van der Waals surface area contributed by atoms with Crippen molar-refractivity contribution in [2.24, 2.45) is 9.98 Å². The van der Waals surface area contributed by atoms with Gasteiger partial charge in [0, 0.05) is 47.8 Å². The first kappa shape index (κ1) is 23.4. The Morgan fingerprint density at radius 2 is 1.37 bits per heavy atom. The van der Waals surface area contributed by atoms with Crippen molar-refractivity contribution in [1.29, 1.82) is 0 Å². The van der Waals surface area contributed by atoms with Crippen molar-refractivity contribution >= 4 is 55.7 Å². The molecular weight excluding hydrogens is 528 g/mol. The minimum absolute atomic E-state index is 0.139. The highest BCUT2D eigenvalue weighted by molar-refractivity contribution is 9.10. The van der Waals surface area contributed by atoms with Crippen molar-refractivity contribution in [1.82, 2.24) is 0 Å². The van der Waals surface area contributed by atoms with Crippen molar-refractivity contribution in [2.75, 3.05) is 6.54 Å². The molecular formula is C18H16Br2N4O6. The Labute approximate surface area is 187 Å². The molecule has 2 aromatic rings. The van der Waals surface area contributed by atoms with Gasteiger partial charge in [0.2, 0.25) is 0 Å². The van der Waals surface area contributed by atoms with Crippen LogP contribution in [0.4, 0.5) is 11.4 Å². The van der Waals surface area contributed by atoms with Gasteiger partial charge in [0.05, 0.1) is 30.9 Å². The van der Waals surface area contributed by atoms with Crippen LogP contribution in [0, 0.1) is 20.2 Å². The van der Waals surface area contributed by atoms with Gasteiger partial charge in [-0.25, -0.2) is 0 Å². The van der Waals surface area contributed by atoms with E-state index in [0.717, 1.165) is 0 Å². The molecule has 12 heteroatoms. The summed E-state index contributed by atoms with van der Waals surface area (Å²) in [6.45, 7) is 3.63. The third-order valence-electron chi connectivity index (χ3n) is 3.84. The van der Waals surface area contributed by atoms with Crippen LogP contribution in [0.3, 0.4) is 0 Å². The predicted octanol–water partition coefficient (Wildman–Crippen LogP) is 4.76. The van der Waals surface area contributed by atoms with Gasteiger partial charge in [0.1, 0.15) is 11.5 Å². The Kier molecular flexibility index (Phi) is 7.26. The number of hydrogen-bond acceptors (Lipinski definition) is 8. The minimum Gasteiger partial charge on any atom is -0.506 e. The van der Waals surface area contributed by atoms with Crippen LogP contribution in [-0.2, 0) is 0 Å². The Balaban J connectivity index is 2.22. The second kappa shape index (κ2) is 9.30. The Hall–Kier alpha value is -2.86. The number of non-ortho nitro benzene ring substituents is 2. The van der Waals surface area contributed by atoms with Crippen LogP contribution >= 0.6 is 31.9 Å². The van der Waals surface area contributed by atoms with Gasteiger partial charge < -0.3 is 10.2 Å². The minimum atomic E-state index is -0.770. The molecule has 0 atom stereocenters. The topological polar surface area (TPSA) is 151 Å². The number of nitro benzene ring substituents is 2. The summed E-state index contributed by atoms with van der Waals surface area (Å²) < 4.78 is 0.336. The lowest BCUT2D eigenvalue weighted by atomic mass is 10.1. The molecule has 158 valence electrons. The number of aromatic hydroxyl groups is 2. The number of nitrogens with zero attached hydrogens (tertiary/aromatic N) is 4. The summed E-state index contributed by atoms with van der Waals surface area (Å²) >= 11 is 6.13. The SMILES string of the molecule is CC(C)(CN=Cc1cc([N+](=O)[O-])cc(Br)c1O)N=Cc1cc([N+](=O)[O-])cc(Br)c1O. The van der Waals surface area contributed by atoms with Crippen LogP contribution in [0.1, 0.15) is 25.0 Å². The largest absolute Gasteiger partial charge is 0.506 e. The second-order valence-electron chi connectivity index (χ2n) is 6.79. The van der Waals surface area contributed by atoms with Gasteiger partial charge in [-0.1, -0.05) is 0 Å². The van der Waals surface area contributed by atoms with E-state index in [0.29, 0.717) is 0 Å². The average molecular weight is 544 g/mol. The molecule has 0 heterocycles. The highest BCUT2D eigenvalue weighted by atomic mass is 79.9. The summed E-state index contributed by atoms with van der Waals surface area (Å²) in [5.41, 5.74) is -0.855. The molecule has 0 aliphatic heterocycles. The molecule has 0 saturated heterocycles. The predicted molar refractivity (Wildman–Crippen MR) is 119 cm³/mol. The Morgan fingerprint density at radius 1 is 0.933 bits per heavy atom. The van der Waals surface area contributed by atoms with E-state index >= 15 is 0 Å². The van der Waals surface area contributed by atoms with Crippen molar-refractivity contribution < 1.29 is 20.1 Å². The van der Waals surface area contributed by atoms with Crippen LogP contribution in [-0.4, -0.2) is 44.6 Å². The normalized spacial score (nSPS) is 12.0. The molecule has 2 rings (SSSR count). The van der Waals surface area contributed by atoms with Crippen molar-refractivity contribution in [3.63, 3.8) is 0 Å². The zero-order valence-corrected chi connectivity index (χ0v) is 18.9. The van der Waals surface area contributed by atoms with Crippen molar-refractivity contribution in [2.45, 2.75) is 19.4 Å². The lowest BCUT2D eigenvalue weighted by Gasteiger charge is -2.16. The van der Waals surface area contributed by atoms with Gasteiger partial charge in [0.25, 0.3) is 11.4 Å². The molecule has 0 spiro atoms. The van der Waals surface area contributed by atoms with E-state index < -0.39 is 15.4 Å². The van der Waals surface area contributed by atoms with Crippen LogP contribution in [0.2, 0.25) is 0 Å². The van der Waals surface area contributed by atoms with E-state index in [1.54, 1.807) is 13.8 Å². The monoisotopic (exact) mass is 542 g/mol. The number of phenols is 2. The van der Waals surface area contributed by atoms with Gasteiger partial charge in [-0.05, 0) is 45.7 Å². The smallest absolute Gasteiger partial charge is 0.271 e. The molecule has 10 nitrogen and oxygen atoms in total. The zero-order chi connectivity index (χ0) is 22.6. The lowest BCUT2D eigenvalue weighted by molar-refractivity contribution is -0.385. The molecule has 0 aromatic heterocycles. The standard InChI is InChI=1S/C18H16Br2N4O6/c1-18(2,22-8-11-4-13(24(29)30)6-15(20)17(11)26)9-21-7-10-3-12(23(27)28)5-14(19)16(10)25/h3-8,25-26H,9H2,1-2H3. The average Bonchev–Trinajstić information content (AvgIpc) is 2.65. The molecule has 0 amide bonds. The fraction of sp³-hybridized carbons (Fsp3) is 0.222. The first-order valence-corrected chi connectivity index (χ1v) is 9.89. The van der Waals surface area contributed by atoms with E-state index in [2.05, 4.69) is 41.8 Å². The summed E-state index contributed by atoms with van der Waals surface area (Å²) in [5.74, 6) is -0.368. The van der Waals surface area contributed by atoms with E-state index in [1.807, 2.05) is 0 Å². The second-order valence-corrected chi connectivity index (χ2v) is 8.49. The third-order valence-corrected chi connectivity index (χ3v) is 5.05. The zero-order valence-electron chi connectivity index (χ0n) is 15.7. The highest BCUT2D eigenvalue weighted by Crippen LogP contribution is 2.33. The van der Waals surface area contributed by atoms with Crippen molar-refractivity contribution in [3.05, 3.63) is 64.6 Å². The summed E-state index contributed by atoms with van der Waals surface area (Å²) in [5, 5.41) is 42.1. The number of halogens is 2. The number of aliphatic imine (C=N–C) groups is 2. The number of rotatable bonds is 7. The Morgan fingerprint density at radius 3 is 1.80 bits per heavy atom. The number of hydrogen-bond donors (Lipinski definition) is 2. The summed E-state index contributed by atoms with van der Waals surface area (Å²) in [7, 11) is 0. The number of nitro groups is 2. The van der Waals surface area contributed by atoms with Gasteiger partial charge in [0.15, 0.2) is 0 Å². The van der Waals surface area contributed by atoms with E-state index in [4.69, 9.17) is 0 Å². The fourth-order valence-corrected chi connectivity index (χ4v) is 3.20.